The molecule has 0 spiro atoms. The van der Waals surface area contributed by atoms with Crippen LogP contribution in [0.25, 0.3) is 0 Å². The molecule has 6 heteroatoms. The first-order valence-corrected chi connectivity index (χ1v) is 5.45. The number of aromatic hydroxyl groups is 2. The third-order valence-electron chi connectivity index (χ3n) is 2.50. The van der Waals surface area contributed by atoms with Gasteiger partial charge in [-0.2, -0.15) is 0 Å². The zero-order chi connectivity index (χ0) is 13.8. The highest BCUT2D eigenvalue weighted by atomic mass is 16.6. The number of phenolic OH excluding ortho intramolecular Hbond substituents is 2. The number of hydrogen-bond donors (Lipinski definition) is 2. The van der Waals surface area contributed by atoms with Crippen molar-refractivity contribution in [2.75, 3.05) is 0 Å². The lowest BCUT2D eigenvalue weighted by molar-refractivity contribution is -0.384. The molecule has 0 radical (unpaired) electrons. The zero-order valence-electron chi connectivity index (χ0n) is 9.81. The summed E-state index contributed by atoms with van der Waals surface area (Å²) in [6.45, 7) is 0.0864. The predicted octanol–water partition coefficient (Wildman–Crippen LogP) is 2.59. The van der Waals surface area contributed by atoms with Crippen molar-refractivity contribution in [3.05, 3.63) is 58.1 Å². The van der Waals surface area contributed by atoms with E-state index < -0.39 is 4.92 Å². The number of rotatable bonds is 4. The van der Waals surface area contributed by atoms with Crippen LogP contribution >= 0.6 is 0 Å². The van der Waals surface area contributed by atoms with Crippen molar-refractivity contribution in [3.63, 3.8) is 0 Å². The molecule has 2 N–H and O–H groups in total. The normalized spacial score (nSPS) is 10.1. The molecule has 0 aliphatic heterocycles. The lowest BCUT2D eigenvalue weighted by atomic mass is 10.2. The summed E-state index contributed by atoms with van der Waals surface area (Å²) in [4.78, 5) is 10.0. The molecule has 0 amide bonds. The van der Waals surface area contributed by atoms with Crippen LogP contribution in [-0.4, -0.2) is 15.1 Å². The average Bonchev–Trinajstić information content (AvgIpc) is 2.38. The van der Waals surface area contributed by atoms with Gasteiger partial charge in [0.1, 0.15) is 6.61 Å². The second-order valence-electron chi connectivity index (χ2n) is 3.84. The third kappa shape index (κ3) is 2.92. The molecule has 0 unspecified atom stereocenters. The maximum atomic E-state index is 10.5. The van der Waals surface area contributed by atoms with Gasteiger partial charge in [0.15, 0.2) is 11.5 Å². The third-order valence-corrected chi connectivity index (χ3v) is 2.50. The van der Waals surface area contributed by atoms with Gasteiger partial charge in [0.25, 0.3) is 5.69 Å². The molecule has 6 nitrogen and oxygen atoms in total. The van der Waals surface area contributed by atoms with Gasteiger partial charge in [-0.25, -0.2) is 0 Å². The first-order valence-electron chi connectivity index (χ1n) is 5.45. The molecule has 0 atom stereocenters. The summed E-state index contributed by atoms with van der Waals surface area (Å²) in [6.07, 6.45) is 0. The van der Waals surface area contributed by atoms with Gasteiger partial charge in [-0.05, 0) is 29.8 Å². The van der Waals surface area contributed by atoms with E-state index in [0.717, 1.165) is 0 Å². The van der Waals surface area contributed by atoms with Gasteiger partial charge in [-0.1, -0.05) is 6.07 Å². The molecule has 0 saturated carbocycles. The van der Waals surface area contributed by atoms with Crippen LogP contribution in [-0.2, 0) is 6.61 Å². The highest BCUT2D eigenvalue weighted by Gasteiger charge is 2.09. The van der Waals surface area contributed by atoms with Gasteiger partial charge < -0.3 is 14.9 Å². The van der Waals surface area contributed by atoms with Crippen molar-refractivity contribution in [1.82, 2.24) is 0 Å². The predicted molar refractivity (Wildman–Crippen MR) is 67.2 cm³/mol. The van der Waals surface area contributed by atoms with Crippen molar-refractivity contribution >= 4 is 5.69 Å². The van der Waals surface area contributed by atoms with Crippen LogP contribution in [0, 0.1) is 10.1 Å². The van der Waals surface area contributed by atoms with Crippen molar-refractivity contribution in [3.8, 4) is 17.2 Å². The number of hydrogen-bond acceptors (Lipinski definition) is 5. The van der Waals surface area contributed by atoms with E-state index in [1.165, 1.54) is 30.3 Å². The van der Waals surface area contributed by atoms with E-state index in [9.17, 15) is 20.3 Å². The van der Waals surface area contributed by atoms with E-state index in [0.29, 0.717) is 5.56 Å². The molecule has 2 rings (SSSR count). The number of phenols is 2. The van der Waals surface area contributed by atoms with Crippen LogP contribution in [0.15, 0.2) is 42.5 Å². The monoisotopic (exact) mass is 261 g/mol. The Morgan fingerprint density at radius 1 is 1.05 bits per heavy atom. The lowest BCUT2D eigenvalue weighted by Gasteiger charge is -2.09. The van der Waals surface area contributed by atoms with Crippen LogP contribution in [0.5, 0.6) is 17.2 Å². The number of benzene rings is 2. The molecule has 0 saturated heterocycles. The summed E-state index contributed by atoms with van der Waals surface area (Å²) in [7, 11) is 0. The first-order chi connectivity index (χ1) is 9.08. The smallest absolute Gasteiger partial charge is 0.269 e. The Labute approximate surface area is 108 Å². The molecule has 19 heavy (non-hydrogen) atoms. The number of nitro groups is 1. The van der Waals surface area contributed by atoms with Gasteiger partial charge in [-0.3, -0.25) is 10.1 Å². The Bertz CT molecular complexity index is 574. The van der Waals surface area contributed by atoms with Crippen molar-refractivity contribution in [2.24, 2.45) is 0 Å². The fourth-order valence-corrected chi connectivity index (χ4v) is 1.53. The molecular formula is C13H11NO5. The molecule has 0 aliphatic carbocycles. The molecule has 0 aromatic heterocycles. The Balaban J connectivity index is 2.08. The number of nitro benzene ring substituents is 1. The van der Waals surface area contributed by atoms with Gasteiger partial charge >= 0.3 is 0 Å². The van der Waals surface area contributed by atoms with Crippen molar-refractivity contribution < 1.29 is 19.9 Å². The van der Waals surface area contributed by atoms with Crippen LogP contribution in [0.2, 0.25) is 0 Å². The summed E-state index contributed by atoms with van der Waals surface area (Å²) in [6, 6.07) is 10.1. The number of non-ortho nitro benzene ring substituents is 1. The van der Waals surface area contributed by atoms with Crippen molar-refractivity contribution in [2.45, 2.75) is 6.61 Å². The highest BCUT2D eigenvalue weighted by Crippen LogP contribution is 2.35. The van der Waals surface area contributed by atoms with Crippen LogP contribution in [0.4, 0.5) is 5.69 Å². The molecule has 2 aromatic rings. The molecule has 0 heterocycles. The van der Waals surface area contributed by atoms with E-state index in [1.54, 1.807) is 12.1 Å². The fourth-order valence-electron chi connectivity index (χ4n) is 1.53. The second-order valence-corrected chi connectivity index (χ2v) is 3.84. The van der Waals surface area contributed by atoms with E-state index in [2.05, 4.69) is 0 Å². The van der Waals surface area contributed by atoms with Gasteiger partial charge in [0.2, 0.25) is 5.75 Å². The Kier molecular flexibility index (Phi) is 3.51. The van der Waals surface area contributed by atoms with E-state index in [1.807, 2.05) is 0 Å². The SMILES string of the molecule is O=[N+]([O-])c1ccc(COc2c(O)cccc2O)cc1. The summed E-state index contributed by atoms with van der Waals surface area (Å²) in [5, 5.41) is 29.5. The number of nitrogens with zero attached hydrogens (tertiary/aromatic N) is 1. The second kappa shape index (κ2) is 5.26. The van der Waals surface area contributed by atoms with Crippen LogP contribution < -0.4 is 4.74 Å². The number of para-hydroxylation sites is 1. The molecule has 98 valence electrons. The minimum atomic E-state index is -0.487. The fraction of sp³-hybridized carbons (Fsp3) is 0.0769. The molecule has 0 aliphatic rings. The van der Waals surface area contributed by atoms with Crippen molar-refractivity contribution in [1.29, 1.82) is 0 Å². The van der Waals surface area contributed by atoms with Gasteiger partial charge in [0, 0.05) is 12.1 Å². The van der Waals surface area contributed by atoms with E-state index in [-0.39, 0.29) is 29.5 Å². The Morgan fingerprint density at radius 3 is 2.16 bits per heavy atom. The largest absolute Gasteiger partial charge is 0.504 e. The van der Waals surface area contributed by atoms with E-state index in [4.69, 9.17) is 4.74 Å². The minimum Gasteiger partial charge on any atom is -0.504 e. The minimum absolute atomic E-state index is 0.00541. The molecular weight excluding hydrogens is 250 g/mol. The lowest BCUT2D eigenvalue weighted by Crippen LogP contribution is -1.96. The maximum Gasteiger partial charge on any atom is 0.269 e. The van der Waals surface area contributed by atoms with Crippen LogP contribution in [0.1, 0.15) is 5.56 Å². The van der Waals surface area contributed by atoms with E-state index >= 15 is 0 Å². The number of ether oxygens (including phenoxy) is 1. The maximum absolute atomic E-state index is 10.5. The topological polar surface area (TPSA) is 92.8 Å². The molecule has 2 aromatic carbocycles. The van der Waals surface area contributed by atoms with Crippen LogP contribution in [0.3, 0.4) is 0 Å². The summed E-state index contributed by atoms with van der Waals surface area (Å²) < 4.78 is 5.28. The summed E-state index contributed by atoms with van der Waals surface area (Å²) in [5.41, 5.74) is 0.683. The first kappa shape index (κ1) is 12.7. The summed E-state index contributed by atoms with van der Waals surface area (Å²) in [5.74, 6) is -0.343. The molecule has 0 fully saturated rings. The Morgan fingerprint density at radius 2 is 1.63 bits per heavy atom. The zero-order valence-corrected chi connectivity index (χ0v) is 9.81. The summed E-state index contributed by atoms with van der Waals surface area (Å²) >= 11 is 0. The van der Waals surface area contributed by atoms with Gasteiger partial charge in [-0.15, -0.1) is 0 Å². The average molecular weight is 261 g/mol. The standard InChI is InChI=1S/C13H11NO5/c15-11-2-1-3-12(16)13(11)19-8-9-4-6-10(7-5-9)14(17)18/h1-7,15-16H,8H2. The molecule has 0 bridgehead atoms. The van der Waals surface area contributed by atoms with Gasteiger partial charge in [0.05, 0.1) is 4.92 Å². The Hall–Kier alpha value is -2.76. The highest BCUT2D eigenvalue weighted by molar-refractivity contribution is 5.49. The quantitative estimate of drug-likeness (QED) is 0.651.